The number of benzene rings is 2. The molecule has 1 aliphatic carbocycles. The fraction of sp³-hybridized carbons (Fsp3) is 0.476. The summed E-state index contributed by atoms with van der Waals surface area (Å²) in [5, 5.41) is 5.44. The molecule has 5 atom stereocenters. The second-order valence-electron chi connectivity index (χ2n) is 16.0. The number of imidazole rings is 2. The fourth-order valence-corrected chi connectivity index (χ4v) is 8.70. The highest BCUT2D eigenvalue weighted by atomic mass is 16.5. The zero-order valence-corrected chi connectivity index (χ0v) is 32.9. The Labute approximate surface area is 327 Å². The van der Waals surface area contributed by atoms with Crippen LogP contribution in [0.2, 0.25) is 0 Å². The maximum Gasteiger partial charge on any atom is 0.407 e. The second-order valence-corrected chi connectivity index (χ2v) is 16.0. The lowest BCUT2D eigenvalue weighted by Crippen LogP contribution is -2.56. The molecule has 7 rings (SSSR count). The SMILES string of the molecule is COC(=O)N[C@H](C(=O)N1CCC[C@H]1c1ncc(-c2ccc(-c3ccc(-c4cnc([C@]56CC[C@@H](CN5C(=O)[C@@H](NC(=O)OC)C(C)C)C6)[nH]4)cc3)cc2)[nH]1)C(C)C. The lowest BCUT2D eigenvalue weighted by molar-refractivity contribution is -0.140. The molecule has 1 saturated carbocycles. The molecule has 3 fully saturated rings. The number of aromatic nitrogens is 4. The maximum absolute atomic E-state index is 13.9. The van der Waals surface area contributed by atoms with Gasteiger partial charge in [-0.05, 0) is 72.1 Å². The summed E-state index contributed by atoms with van der Waals surface area (Å²) in [6, 6.07) is 15.0. The quantitative estimate of drug-likeness (QED) is 0.136. The minimum Gasteiger partial charge on any atom is -0.453 e. The van der Waals surface area contributed by atoms with E-state index in [1.54, 1.807) is 6.20 Å². The molecule has 14 heteroatoms. The zero-order valence-electron chi connectivity index (χ0n) is 32.9. The highest BCUT2D eigenvalue weighted by molar-refractivity contribution is 5.87. The van der Waals surface area contributed by atoms with Crippen LogP contribution in [0.3, 0.4) is 0 Å². The number of nitrogens with zero attached hydrogens (tertiary/aromatic N) is 4. The number of carbonyl (C=O) groups is 4. The van der Waals surface area contributed by atoms with Crippen LogP contribution < -0.4 is 10.6 Å². The maximum atomic E-state index is 13.9. The van der Waals surface area contributed by atoms with Gasteiger partial charge in [0.25, 0.3) is 0 Å². The number of nitrogens with one attached hydrogen (secondary N) is 4. The van der Waals surface area contributed by atoms with E-state index in [-0.39, 0.29) is 29.7 Å². The number of aromatic amines is 2. The highest BCUT2D eigenvalue weighted by Crippen LogP contribution is 2.52. The highest BCUT2D eigenvalue weighted by Gasteiger charge is 2.56. The number of alkyl carbamates (subject to hydrolysis) is 2. The molecule has 4 amide bonds. The van der Waals surface area contributed by atoms with Crippen molar-refractivity contribution in [2.75, 3.05) is 27.3 Å². The molecule has 2 bridgehead atoms. The van der Waals surface area contributed by atoms with E-state index in [0.717, 1.165) is 77.4 Å². The zero-order chi connectivity index (χ0) is 39.7. The molecule has 2 aromatic heterocycles. The molecule has 4 aromatic rings. The second kappa shape index (κ2) is 15.8. The first-order chi connectivity index (χ1) is 26.9. The molecule has 3 aliphatic rings. The third-order valence-corrected chi connectivity index (χ3v) is 11.8. The van der Waals surface area contributed by atoms with Gasteiger partial charge in [0, 0.05) is 13.1 Å². The van der Waals surface area contributed by atoms with Crippen LogP contribution in [0.1, 0.15) is 77.5 Å². The van der Waals surface area contributed by atoms with Gasteiger partial charge in [0.05, 0.1) is 44.0 Å². The predicted molar refractivity (Wildman–Crippen MR) is 210 cm³/mol. The number of carbonyl (C=O) groups excluding carboxylic acids is 4. The summed E-state index contributed by atoms with van der Waals surface area (Å²) < 4.78 is 9.57. The first kappa shape index (κ1) is 38.6. The van der Waals surface area contributed by atoms with Gasteiger partial charge in [-0.15, -0.1) is 0 Å². The van der Waals surface area contributed by atoms with Crippen molar-refractivity contribution in [1.82, 2.24) is 40.4 Å². The molecule has 56 heavy (non-hydrogen) atoms. The van der Waals surface area contributed by atoms with E-state index >= 15 is 0 Å². The number of hydrogen-bond donors (Lipinski definition) is 4. The summed E-state index contributed by atoms with van der Waals surface area (Å²) in [6.45, 7) is 8.89. The summed E-state index contributed by atoms with van der Waals surface area (Å²) in [5.41, 5.74) is 5.30. The van der Waals surface area contributed by atoms with Crippen molar-refractivity contribution in [1.29, 1.82) is 0 Å². The number of rotatable bonds is 11. The van der Waals surface area contributed by atoms with Gasteiger partial charge in [0.2, 0.25) is 11.8 Å². The van der Waals surface area contributed by atoms with E-state index in [0.29, 0.717) is 19.0 Å². The molecule has 4 heterocycles. The van der Waals surface area contributed by atoms with Crippen molar-refractivity contribution >= 4 is 24.0 Å². The topological polar surface area (TPSA) is 175 Å². The Morgan fingerprint density at radius 1 is 0.750 bits per heavy atom. The van der Waals surface area contributed by atoms with Gasteiger partial charge < -0.3 is 39.9 Å². The summed E-state index contributed by atoms with van der Waals surface area (Å²) in [5.74, 6) is 1.45. The molecule has 2 aromatic carbocycles. The number of piperidine rings is 1. The minimum atomic E-state index is -0.687. The lowest BCUT2D eigenvalue weighted by Gasteiger charge is -2.40. The van der Waals surface area contributed by atoms with Gasteiger partial charge in [-0.3, -0.25) is 9.59 Å². The Morgan fingerprint density at radius 2 is 1.29 bits per heavy atom. The van der Waals surface area contributed by atoms with Gasteiger partial charge in [-0.1, -0.05) is 76.2 Å². The van der Waals surface area contributed by atoms with E-state index in [4.69, 9.17) is 14.5 Å². The number of hydrogen-bond acceptors (Lipinski definition) is 8. The average molecular weight is 765 g/mol. The number of H-pyrrole nitrogens is 2. The molecule has 0 spiro atoms. The molecule has 296 valence electrons. The van der Waals surface area contributed by atoms with Crippen molar-refractivity contribution < 1.29 is 28.7 Å². The molecule has 2 saturated heterocycles. The fourth-order valence-electron chi connectivity index (χ4n) is 8.70. The largest absolute Gasteiger partial charge is 0.453 e. The summed E-state index contributed by atoms with van der Waals surface area (Å²) in [7, 11) is 2.59. The molecule has 4 N–H and O–H groups in total. The van der Waals surface area contributed by atoms with Gasteiger partial charge in [-0.25, -0.2) is 19.6 Å². The number of ether oxygens (including phenoxy) is 2. The molecule has 0 radical (unpaired) electrons. The third kappa shape index (κ3) is 7.36. The van der Waals surface area contributed by atoms with Gasteiger partial charge in [0.1, 0.15) is 29.3 Å². The van der Waals surface area contributed by atoms with Crippen molar-refractivity contribution in [2.24, 2.45) is 17.8 Å². The van der Waals surface area contributed by atoms with E-state index < -0.39 is 29.8 Å². The van der Waals surface area contributed by atoms with Crippen LogP contribution >= 0.6 is 0 Å². The molecular weight excluding hydrogens is 713 g/mol. The normalized spacial score (nSPS) is 21.4. The molecular formula is C42H52N8O6. The van der Waals surface area contributed by atoms with Crippen LogP contribution in [0.4, 0.5) is 9.59 Å². The van der Waals surface area contributed by atoms with Crippen LogP contribution in [0, 0.1) is 17.8 Å². The van der Waals surface area contributed by atoms with Gasteiger partial charge in [-0.2, -0.15) is 0 Å². The first-order valence-corrected chi connectivity index (χ1v) is 19.5. The first-order valence-electron chi connectivity index (χ1n) is 19.5. The lowest BCUT2D eigenvalue weighted by atomic mass is 9.93. The Kier molecular flexibility index (Phi) is 10.9. The minimum absolute atomic E-state index is 0.104. The Hall–Kier alpha value is -5.66. The van der Waals surface area contributed by atoms with Crippen LogP contribution in [-0.4, -0.2) is 93.1 Å². The van der Waals surface area contributed by atoms with Crippen LogP contribution in [0.15, 0.2) is 60.9 Å². The average Bonchev–Trinajstić information content (AvgIpc) is 4.06. The van der Waals surface area contributed by atoms with E-state index in [1.807, 2.05) is 43.7 Å². The Balaban J connectivity index is 1.03. The summed E-state index contributed by atoms with van der Waals surface area (Å²) >= 11 is 0. The summed E-state index contributed by atoms with van der Waals surface area (Å²) in [4.78, 5) is 71.7. The Morgan fingerprint density at radius 3 is 1.84 bits per heavy atom. The van der Waals surface area contributed by atoms with Crippen LogP contribution in [0.25, 0.3) is 33.6 Å². The number of methoxy groups -OCH3 is 2. The van der Waals surface area contributed by atoms with Crippen molar-refractivity contribution in [3.63, 3.8) is 0 Å². The van der Waals surface area contributed by atoms with Gasteiger partial charge in [0.15, 0.2) is 0 Å². The van der Waals surface area contributed by atoms with Crippen LogP contribution in [-0.2, 0) is 24.6 Å². The number of likely N-dealkylation sites (tertiary alicyclic amines) is 2. The Bertz CT molecular complexity index is 2060. The monoisotopic (exact) mass is 764 g/mol. The van der Waals surface area contributed by atoms with E-state index in [2.05, 4.69) is 74.1 Å². The smallest absolute Gasteiger partial charge is 0.407 e. The standard InChI is InChI=1S/C42H52N8O6/c1-24(2)34(47-40(53)55-5)37(51)49-19-7-8-33(49)36-43-21-31(45-36)29-13-9-27(10-14-29)28-11-15-30(16-12-28)32-22-44-39(46-32)42-18-17-26(20-42)23-50(42)38(52)35(25(3)4)48-41(54)56-6/h9-16,21-22,24-26,33-35H,7-8,17-20,23H2,1-6H3,(H,43,45)(H,44,46)(H,47,53)(H,48,54)/t26-,33+,34+,35+,42-/m1/s1. The molecule has 2 aliphatic heterocycles. The number of fused-ring (bicyclic) bond motifs is 2. The number of amides is 4. The van der Waals surface area contributed by atoms with Crippen molar-refractivity contribution in [3.05, 3.63) is 72.6 Å². The van der Waals surface area contributed by atoms with E-state index in [9.17, 15) is 19.2 Å². The van der Waals surface area contributed by atoms with E-state index in [1.165, 1.54) is 14.2 Å². The van der Waals surface area contributed by atoms with Crippen molar-refractivity contribution in [3.8, 4) is 33.6 Å². The van der Waals surface area contributed by atoms with Crippen LogP contribution in [0.5, 0.6) is 0 Å². The third-order valence-electron chi connectivity index (χ3n) is 11.8. The predicted octanol–water partition coefficient (Wildman–Crippen LogP) is 6.40. The molecule has 0 unspecified atom stereocenters. The van der Waals surface area contributed by atoms with Crippen molar-refractivity contribution in [2.45, 2.75) is 83.5 Å². The van der Waals surface area contributed by atoms with Gasteiger partial charge >= 0.3 is 12.2 Å². The summed E-state index contributed by atoms with van der Waals surface area (Å²) in [6.07, 6.45) is 6.74. The molecule has 14 nitrogen and oxygen atoms in total.